The minimum atomic E-state index is -0.827. The predicted molar refractivity (Wildman–Crippen MR) is 36.7 cm³/mol. The predicted octanol–water partition coefficient (Wildman–Crippen LogP) is 0.587. The van der Waals surface area contributed by atoms with Crippen LogP contribution in [0.25, 0.3) is 0 Å². The van der Waals surface area contributed by atoms with E-state index in [4.69, 9.17) is 5.11 Å². The first-order chi connectivity index (χ1) is 3.77. The van der Waals surface area contributed by atoms with Gasteiger partial charge in [0.1, 0.15) is 6.54 Å². The average molecular weight is 153 g/mol. The zero-order valence-corrected chi connectivity index (χ0v) is 6.01. The lowest BCUT2D eigenvalue weighted by molar-refractivity contribution is -0.135. The van der Waals surface area contributed by atoms with Crippen LogP contribution >= 0.6 is 21.8 Å². The second-order valence-electron chi connectivity index (χ2n) is 0.965. The van der Waals surface area contributed by atoms with Crippen LogP contribution in [0.1, 0.15) is 0 Å². The number of hydrogen-bond acceptors (Lipinski definition) is 4. The van der Waals surface area contributed by atoms with Crippen molar-refractivity contribution < 1.29 is 9.90 Å². The molecule has 0 radical (unpaired) electrons. The molecule has 0 aromatic rings. The smallest absolute Gasteiger partial charge is 0.318 e. The lowest BCUT2D eigenvalue weighted by Crippen LogP contribution is -2.14. The van der Waals surface area contributed by atoms with Gasteiger partial charge >= 0.3 is 5.97 Å². The summed E-state index contributed by atoms with van der Waals surface area (Å²) in [5, 5.41) is 8.06. The summed E-state index contributed by atoms with van der Waals surface area (Å²) in [5.74, 6) is -0.827. The Balaban J connectivity index is 2.82. The summed E-state index contributed by atoms with van der Waals surface area (Å²) in [7, 11) is 2.81. The van der Waals surface area contributed by atoms with Crippen molar-refractivity contribution >= 4 is 27.7 Å². The molecule has 0 atom stereocenters. The van der Waals surface area contributed by atoms with Crippen molar-refractivity contribution in [2.75, 3.05) is 12.8 Å². The summed E-state index contributed by atoms with van der Waals surface area (Å²) in [6.07, 6.45) is 1.87. The van der Waals surface area contributed by atoms with E-state index < -0.39 is 5.97 Å². The van der Waals surface area contributed by atoms with Gasteiger partial charge in [0.2, 0.25) is 0 Å². The number of aliphatic carboxylic acids is 1. The van der Waals surface area contributed by atoms with Gasteiger partial charge < -0.3 is 5.11 Å². The SMILES string of the molecule is CSSNCC(=O)O. The summed E-state index contributed by atoms with van der Waals surface area (Å²) < 4.78 is 2.61. The summed E-state index contributed by atoms with van der Waals surface area (Å²) in [6, 6.07) is 0. The van der Waals surface area contributed by atoms with Gasteiger partial charge in [-0.3, -0.25) is 4.79 Å². The van der Waals surface area contributed by atoms with Crippen LogP contribution in [0.15, 0.2) is 0 Å². The van der Waals surface area contributed by atoms with Gasteiger partial charge in [0.05, 0.1) is 0 Å². The Kier molecular flexibility index (Phi) is 5.36. The van der Waals surface area contributed by atoms with E-state index in [0.29, 0.717) is 0 Å². The van der Waals surface area contributed by atoms with Gasteiger partial charge in [0.15, 0.2) is 0 Å². The minimum absolute atomic E-state index is 0.0194. The van der Waals surface area contributed by atoms with Gasteiger partial charge in [-0.2, -0.15) is 0 Å². The van der Waals surface area contributed by atoms with Crippen LogP contribution < -0.4 is 4.72 Å². The molecule has 0 rings (SSSR count). The third kappa shape index (κ3) is 6.13. The van der Waals surface area contributed by atoms with E-state index in [-0.39, 0.29) is 6.54 Å². The Bertz CT molecular complexity index is 77.7. The molecule has 0 fully saturated rings. The van der Waals surface area contributed by atoms with Crippen LogP contribution in [0.3, 0.4) is 0 Å². The molecule has 0 heterocycles. The first-order valence-electron chi connectivity index (χ1n) is 1.91. The van der Waals surface area contributed by atoms with Crippen LogP contribution in [0.2, 0.25) is 0 Å². The van der Waals surface area contributed by atoms with Crippen molar-refractivity contribution in [1.29, 1.82) is 0 Å². The van der Waals surface area contributed by atoms with Gasteiger partial charge in [-0.15, -0.1) is 0 Å². The van der Waals surface area contributed by atoms with E-state index in [1.54, 1.807) is 0 Å². The monoisotopic (exact) mass is 153 g/mol. The van der Waals surface area contributed by atoms with Gasteiger partial charge in [-0.05, 0) is 17.2 Å². The number of hydrogen-bond donors (Lipinski definition) is 2. The first kappa shape index (κ1) is 8.13. The van der Waals surface area contributed by atoms with Crippen molar-refractivity contribution in [2.24, 2.45) is 0 Å². The standard InChI is InChI=1S/C3H7NO2S2/c1-7-8-4-2-3(5)6/h4H,2H2,1H3,(H,5,6). The molecule has 48 valence electrons. The van der Waals surface area contributed by atoms with Gasteiger partial charge in [0.25, 0.3) is 0 Å². The summed E-state index contributed by atoms with van der Waals surface area (Å²) in [5.41, 5.74) is 0. The van der Waals surface area contributed by atoms with Crippen LogP contribution in [0.5, 0.6) is 0 Å². The number of carboxylic acids is 1. The highest BCUT2D eigenvalue weighted by atomic mass is 33.1. The minimum Gasteiger partial charge on any atom is -0.480 e. The maximum absolute atomic E-state index is 9.79. The number of nitrogens with one attached hydrogen (secondary N) is 1. The Labute approximate surface area is 55.8 Å². The molecule has 0 aliphatic heterocycles. The van der Waals surface area contributed by atoms with E-state index in [9.17, 15) is 4.79 Å². The lowest BCUT2D eigenvalue weighted by atomic mass is 10.7. The zero-order chi connectivity index (χ0) is 6.41. The molecule has 0 aliphatic carbocycles. The third-order valence-electron chi connectivity index (χ3n) is 0.366. The molecule has 8 heavy (non-hydrogen) atoms. The van der Waals surface area contributed by atoms with Crippen molar-refractivity contribution in [3.63, 3.8) is 0 Å². The summed E-state index contributed by atoms with van der Waals surface area (Å²) >= 11 is 0. The maximum Gasteiger partial charge on any atom is 0.318 e. The Morgan fingerprint density at radius 1 is 1.88 bits per heavy atom. The van der Waals surface area contributed by atoms with Gasteiger partial charge in [0, 0.05) is 0 Å². The lowest BCUT2D eigenvalue weighted by Gasteiger charge is -1.92. The van der Waals surface area contributed by atoms with Crippen LogP contribution in [0, 0.1) is 0 Å². The largest absolute Gasteiger partial charge is 0.480 e. The van der Waals surface area contributed by atoms with Crippen molar-refractivity contribution in [2.45, 2.75) is 0 Å². The van der Waals surface area contributed by atoms with Crippen LogP contribution in [-0.4, -0.2) is 23.9 Å². The normalized spacial score (nSPS) is 9.12. The Hall–Kier alpha value is 0.130. The molecule has 2 N–H and O–H groups in total. The second kappa shape index (κ2) is 5.27. The van der Waals surface area contributed by atoms with Crippen molar-refractivity contribution in [3.05, 3.63) is 0 Å². The van der Waals surface area contributed by atoms with Crippen molar-refractivity contribution in [3.8, 4) is 0 Å². The molecule has 0 spiro atoms. The molecule has 0 aromatic heterocycles. The maximum atomic E-state index is 9.79. The highest BCUT2D eigenvalue weighted by molar-refractivity contribution is 8.75. The van der Waals surface area contributed by atoms with Crippen LogP contribution in [0.4, 0.5) is 0 Å². The molecule has 0 bridgehead atoms. The van der Waals surface area contributed by atoms with Crippen molar-refractivity contribution in [1.82, 2.24) is 4.72 Å². The van der Waals surface area contributed by atoms with E-state index >= 15 is 0 Å². The summed E-state index contributed by atoms with van der Waals surface area (Å²) in [4.78, 5) is 9.79. The molecule has 0 saturated heterocycles. The molecule has 5 heteroatoms. The topological polar surface area (TPSA) is 49.3 Å². The van der Waals surface area contributed by atoms with Crippen LogP contribution in [-0.2, 0) is 4.79 Å². The molecule has 0 saturated carbocycles. The quantitative estimate of drug-likeness (QED) is 0.351. The zero-order valence-electron chi connectivity index (χ0n) is 4.38. The molecular weight excluding hydrogens is 146 g/mol. The molecular formula is C3H7NO2S2. The molecule has 0 aromatic carbocycles. The van der Waals surface area contributed by atoms with E-state index in [1.807, 2.05) is 6.26 Å². The molecule has 0 amide bonds. The number of rotatable bonds is 4. The third-order valence-corrected chi connectivity index (χ3v) is 1.65. The Morgan fingerprint density at radius 3 is 2.88 bits per heavy atom. The summed E-state index contributed by atoms with van der Waals surface area (Å²) in [6.45, 7) is 0.0194. The first-order valence-corrected chi connectivity index (χ1v) is 4.47. The average Bonchev–Trinajstić information content (AvgIpc) is 1.66. The fourth-order valence-corrected chi connectivity index (χ4v) is 0.981. The fourth-order valence-electron chi connectivity index (χ4n) is 0.150. The van der Waals surface area contributed by atoms with Gasteiger partial charge in [-0.1, -0.05) is 10.8 Å². The number of carbonyl (C=O) groups is 1. The fraction of sp³-hybridized carbons (Fsp3) is 0.667. The van der Waals surface area contributed by atoms with E-state index in [0.717, 1.165) is 0 Å². The highest BCUT2D eigenvalue weighted by Gasteiger charge is 1.91. The molecule has 0 aliphatic rings. The molecule has 0 unspecified atom stereocenters. The second-order valence-corrected chi connectivity index (χ2v) is 3.25. The highest BCUT2D eigenvalue weighted by Crippen LogP contribution is 2.09. The van der Waals surface area contributed by atoms with E-state index in [2.05, 4.69) is 4.72 Å². The van der Waals surface area contributed by atoms with E-state index in [1.165, 1.54) is 21.8 Å². The number of carboxylic acid groups (broad SMARTS) is 1. The van der Waals surface area contributed by atoms with Gasteiger partial charge in [-0.25, -0.2) is 4.72 Å². The Morgan fingerprint density at radius 2 is 2.50 bits per heavy atom. The molecule has 3 nitrogen and oxygen atoms in total.